The van der Waals surface area contributed by atoms with E-state index in [1.54, 1.807) is 21.7 Å². The highest BCUT2D eigenvalue weighted by Gasteiger charge is 2.34. The molecule has 25 heavy (non-hydrogen) atoms. The van der Waals surface area contributed by atoms with Gasteiger partial charge >= 0.3 is 5.97 Å². The van der Waals surface area contributed by atoms with Crippen molar-refractivity contribution in [1.82, 2.24) is 14.7 Å². The Balaban J connectivity index is 1.89. The molecule has 2 unspecified atom stereocenters. The standard InChI is InChI=1S/C18H20ClN3O3/c1-11-6-7-13(18(24)25)10-21(11)17(23)16-9-20-22(12(16)2)15-5-3-4-14(19)8-15/h3-5,8-9,11,13H,6-7,10H2,1-2H3,(H,24,25). The van der Waals surface area contributed by atoms with Gasteiger partial charge in [0.1, 0.15) is 0 Å². The summed E-state index contributed by atoms with van der Waals surface area (Å²) < 4.78 is 1.67. The number of carboxylic acid groups (broad SMARTS) is 1. The molecule has 1 fully saturated rings. The van der Waals surface area contributed by atoms with Gasteiger partial charge in [-0.25, -0.2) is 4.68 Å². The Hall–Kier alpha value is -2.34. The number of aromatic nitrogens is 2. The molecular formula is C18H20ClN3O3. The molecule has 1 aliphatic rings. The molecule has 0 bridgehead atoms. The molecular weight excluding hydrogens is 342 g/mol. The number of carboxylic acids is 1. The van der Waals surface area contributed by atoms with Crippen LogP contribution in [0.25, 0.3) is 5.69 Å². The Morgan fingerprint density at radius 1 is 1.32 bits per heavy atom. The van der Waals surface area contributed by atoms with Crippen LogP contribution < -0.4 is 0 Å². The summed E-state index contributed by atoms with van der Waals surface area (Å²) in [5.41, 5.74) is 1.97. The maximum Gasteiger partial charge on any atom is 0.308 e. The number of likely N-dealkylation sites (tertiary alicyclic amines) is 1. The molecule has 2 atom stereocenters. The van der Waals surface area contributed by atoms with Crippen molar-refractivity contribution >= 4 is 23.5 Å². The average molecular weight is 362 g/mol. The number of hydrogen-bond acceptors (Lipinski definition) is 3. The molecule has 0 aliphatic carbocycles. The SMILES string of the molecule is Cc1c(C(=O)N2CC(C(=O)O)CCC2C)cnn1-c1cccc(Cl)c1. The maximum atomic E-state index is 13.0. The van der Waals surface area contributed by atoms with Crippen molar-refractivity contribution in [2.75, 3.05) is 6.54 Å². The number of benzene rings is 1. The molecule has 1 aromatic heterocycles. The van der Waals surface area contributed by atoms with Crippen LogP contribution >= 0.6 is 11.6 Å². The number of aliphatic carboxylic acids is 1. The van der Waals surface area contributed by atoms with E-state index in [2.05, 4.69) is 5.10 Å². The van der Waals surface area contributed by atoms with Gasteiger partial charge in [-0.05, 0) is 44.9 Å². The minimum atomic E-state index is -0.851. The number of halogens is 1. The van der Waals surface area contributed by atoms with Gasteiger partial charge in [0.2, 0.25) is 0 Å². The number of amides is 1. The zero-order chi connectivity index (χ0) is 18.1. The van der Waals surface area contributed by atoms with Crippen LogP contribution in [0.5, 0.6) is 0 Å². The van der Waals surface area contributed by atoms with E-state index in [0.717, 1.165) is 5.69 Å². The van der Waals surface area contributed by atoms with Crippen molar-refractivity contribution in [3.05, 3.63) is 46.7 Å². The van der Waals surface area contributed by atoms with Crippen molar-refractivity contribution in [1.29, 1.82) is 0 Å². The first-order chi connectivity index (χ1) is 11.9. The topological polar surface area (TPSA) is 75.4 Å². The van der Waals surface area contributed by atoms with Crippen molar-refractivity contribution < 1.29 is 14.7 Å². The van der Waals surface area contributed by atoms with E-state index in [-0.39, 0.29) is 18.5 Å². The second kappa shape index (κ2) is 6.88. The zero-order valence-electron chi connectivity index (χ0n) is 14.1. The fourth-order valence-electron chi connectivity index (χ4n) is 3.23. The molecule has 7 heteroatoms. The highest BCUT2D eigenvalue weighted by Crippen LogP contribution is 2.25. The summed E-state index contributed by atoms with van der Waals surface area (Å²) in [7, 11) is 0. The van der Waals surface area contributed by atoms with Gasteiger partial charge in [-0.2, -0.15) is 5.10 Å². The van der Waals surface area contributed by atoms with Gasteiger partial charge in [-0.15, -0.1) is 0 Å². The molecule has 1 saturated heterocycles. The second-order valence-corrected chi connectivity index (χ2v) is 6.89. The van der Waals surface area contributed by atoms with E-state index in [9.17, 15) is 14.7 Å². The van der Waals surface area contributed by atoms with Crippen LogP contribution in [0.2, 0.25) is 5.02 Å². The Morgan fingerprint density at radius 2 is 2.08 bits per heavy atom. The maximum absolute atomic E-state index is 13.0. The number of hydrogen-bond donors (Lipinski definition) is 1. The van der Waals surface area contributed by atoms with E-state index in [0.29, 0.717) is 29.1 Å². The largest absolute Gasteiger partial charge is 0.481 e. The lowest BCUT2D eigenvalue weighted by Gasteiger charge is -2.36. The third-order valence-corrected chi connectivity index (χ3v) is 5.02. The molecule has 2 heterocycles. The molecule has 1 N–H and O–H groups in total. The monoisotopic (exact) mass is 361 g/mol. The fraction of sp³-hybridized carbons (Fsp3) is 0.389. The molecule has 1 aliphatic heterocycles. The molecule has 0 spiro atoms. The number of carbonyl (C=O) groups excluding carboxylic acids is 1. The molecule has 132 valence electrons. The third-order valence-electron chi connectivity index (χ3n) is 4.79. The van der Waals surface area contributed by atoms with Crippen molar-refractivity contribution in [3.63, 3.8) is 0 Å². The summed E-state index contributed by atoms with van der Waals surface area (Å²) in [6.45, 7) is 4.01. The molecule has 6 nitrogen and oxygen atoms in total. The number of carbonyl (C=O) groups is 2. The number of nitrogens with zero attached hydrogens (tertiary/aromatic N) is 3. The average Bonchev–Trinajstić information content (AvgIpc) is 2.96. The molecule has 3 rings (SSSR count). The van der Waals surface area contributed by atoms with Gasteiger partial charge < -0.3 is 10.0 Å². The highest BCUT2D eigenvalue weighted by molar-refractivity contribution is 6.30. The van der Waals surface area contributed by atoms with Crippen LogP contribution in [-0.2, 0) is 4.79 Å². The summed E-state index contributed by atoms with van der Waals surface area (Å²) in [6.07, 6.45) is 2.82. The van der Waals surface area contributed by atoms with Gasteiger partial charge in [-0.1, -0.05) is 17.7 Å². The van der Waals surface area contributed by atoms with E-state index < -0.39 is 11.9 Å². The van der Waals surface area contributed by atoms with E-state index in [1.807, 2.05) is 26.0 Å². The zero-order valence-corrected chi connectivity index (χ0v) is 14.9. The van der Waals surface area contributed by atoms with Crippen LogP contribution in [0.4, 0.5) is 0 Å². The second-order valence-electron chi connectivity index (χ2n) is 6.45. The van der Waals surface area contributed by atoms with Crippen LogP contribution in [-0.4, -0.2) is 44.3 Å². The van der Waals surface area contributed by atoms with Gasteiger partial charge in [0, 0.05) is 17.6 Å². The predicted molar refractivity (Wildman–Crippen MR) is 94.2 cm³/mol. The predicted octanol–water partition coefficient (Wildman–Crippen LogP) is 3.16. The molecule has 0 radical (unpaired) electrons. The summed E-state index contributed by atoms with van der Waals surface area (Å²) in [4.78, 5) is 25.9. The van der Waals surface area contributed by atoms with Gasteiger partial charge in [0.05, 0.1) is 29.1 Å². The third kappa shape index (κ3) is 3.39. The van der Waals surface area contributed by atoms with Crippen LogP contribution in [0.15, 0.2) is 30.5 Å². The van der Waals surface area contributed by atoms with Gasteiger partial charge in [-0.3, -0.25) is 9.59 Å². The summed E-state index contributed by atoms with van der Waals surface area (Å²) in [5.74, 6) is -1.54. The van der Waals surface area contributed by atoms with Crippen molar-refractivity contribution in [2.45, 2.75) is 32.7 Å². The highest BCUT2D eigenvalue weighted by atomic mass is 35.5. The quantitative estimate of drug-likeness (QED) is 0.911. The Morgan fingerprint density at radius 3 is 2.76 bits per heavy atom. The van der Waals surface area contributed by atoms with E-state index in [1.165, 1.54) is 6.20 Å². The van der Waals surface area contributed by atoms with Gasteiger partial charge in [0.25, 0.3) is 5.91 Å². The normalized spacial score (nSPS) is 20.5. The van der Waals surface area contributed by atoms with Crippen molar-refractivity contribution in [3.8, 4) is 5.69 Å². The van der Waals surface area contributed by atoms with Gasteiger partial charge in [0.15, 0.2) is 0 Å². The number of rotatable bonds is 3. The Kier molecular flexibility index (Phi) is 4.81. The first-order valence-corrected chi connectivity index (χ1v) is 8.60. The first kappa shape index (κ1) is 17.5. The smallest absolute Gasteiger partial charge is 0.308 e. The lowest BCUT2D eigenvalue weighted by molar-refractivity contribution is -0.143. The van der Waals surface area contributed by atoms with Crippen molar-refractivity contribution in [2.24, 2.45) is 5.92 Å². The fourth-order valence-corrected chi connectivity index (χ4v) is 3.42. The lowest BCUT2D eigenvalue weighted by Crippen LogP contribution is -2.47. The molecule has 2 aromatic rings. The molecule has 1 aromatic carbocycles. The van der Waals surface area contributed by atoms with E-state index >= 15 is 0 Å². The summed E-state index contributed by atoms with van der Waals surface area (Å²) in [5, 5.41) is 14.2. The van der Waals surface area contributed by atoms with Crippen LogP contribution in [0, 0.1) is 12.8 Å². The Labute approximate surface area is 151 Å². The van der Waals surface area contributed by atoms with E-state index in [4.69, 9.17) is 11.6 Å². The first-order valence-electron chi connectivity index (χ1n) is 8.23. The summed E-state index contributed by atoms with van der Waals surface area (Å²) >= 11 is 6.03. The lowest BCUT2D eigenvalue weighted by atomic mass is 9.93. The summed E-state index contributed by atoms with van der Waals surface area (Å²) in [6, 6.07) is 7.25. The van der Waals surface area contributed by atoms with Crippen LogP contribution in [0.3, 0.4) is 0 Å². The minimum Gasteiger partial charge on any atom is -0.481 e. The molecule has 1 amide bonds. The Bertz CT molecular complexity index is 818. The number of piperidine rings is 1. The molecule has 0 saturated carbocycles. The van der Waals surface area contributed by atoms with Crippen LogP contribution in [0.1, 0.15) is 35.8 Å². The minimum absolute atomic E-state index is 0.0111.